The molecule has 0 aromatic carbocycles. The molecular formula is C17H26O5. The standard InChI is InChI=1S/C17H26O5/c1-14(18)16(20)12-8-6-4-3-5-7-10-15(19)11-9-13-17(21)22-2/h3-8,10,12,14-16,18-20H,9,11,13H2,1-2H3/b5-3-,6-4+,10-7+,12-8+/t14-,15+,16+/m0/s1. The zero-order valence-electron chi connectivity index (χ0n) is 13.1. The van der Waals surface area contributed by atoms with Gasteiger partial charge in [0.15, 0.2) is 0 Å². The monoisotopic (exact) mass is 310 g/mol. The van der Waals surface area contributed by atoms with Crippen LogP contribution in [0.1, 0.15) is 26.2 Å². The van der Waals surface area contributed by atoms with Crippen molar-refractivity contribution in [1.29, 1.82) is 0 Å². The molecule has 0 heterocycles. The van der Waals surface area contributed by atoms with Crippen LogP contribution in [0, 0.1) is 0 Å². The van der Waals surface area contributed by atoms with Gasteiger partial charge in [-0.2, -0.15) is 0 Å². The van der Waals surface area contributed by atoms with Gasteiger partial charge in [-0.05, 0) is 19.8 Å². The lowest BCUT2D eigenvalue weighted by Crippen LogP contribution is -2.19. The van der Waals surface area contributed by atoms with Crippen LogP contribution in [0.4, 0.5) is 0 Å². The van der Waals surface area contributed by atoms with Crippen LogP contribution in [0.5, 0.6) is 0 Å². The third kappa shape index (κ3) is 12.1. The number of ether oxygens (including phenoxy) is 1. The van der Waals surface area contributed by atoms with Crippen LogP contribution < -0.4 is 0 Å². The average Bonchev–Trinajstić information content (AvgIpc) is 2.49. The smallest absolute Gasteiger partial charge is 0.305 e. The topological polar surface area (TPSA) is 87.0 Å². The van der Waals surface area contributed by atoms with Crippen molar-refractivity contribution in [2.45, 2.75) is 44.5 Å². The predicted octanol–water partition coefficient (Wildman–Crippen LogP) is 1.66. The lowest BCUT2D eigenvalue weighted by atomic mass is 10.1. The van der Waals surface area contributed by atoms with Gasteiger partial charge >= 0.3 is 5.97 Å². The van der Waals surface area contributed by atoms with Crippen LogP contribution in [0.25, 0.3) is 0 Å². The molecule has 0 spiro atoms. The summed E-state index contributed by atoms with van der Waals surface area (Å²) in [6.07, 6.45) is 12.7. The second-order valence-corrected chi connectivity index (χ2v) is 4.81. The molecule has 0 unspecified atom stereocenters. The number of hydrogen-bond acceptors (Lipinski definition) is 5. The van der Waals surface area contributed by atoms with Gasteiger partial charge in [0.2, 0.25) is 0 Å². The molecule has 0 aliphatic rings. The summed E-state index contributed by atoms with van der Waals surface area (Å²) in [6.45, 7) is 1.51. The Hall–Kier alpha value is -1.69. The first-order valence-corrected chi connectivity index (χ1v) is 7.26. The van der Waals surface area contributed by atoms with E-state index in [1.165, 1.54) is 20.1 Å². The summed E-state index contributed by atoms with van der Waals surface area (Å²) in [6, 6.07) is 0. The molecular weight excluding hydrogens is 284 g/mol. The molecule has 0 aliphatic carbocycles. The average molecular weight is 310 g/mol. The summed E-state index contributed by atoms with van der Waals surface area (Å²) in [7, 11) is 1.34. The van der Waals surface area contributed by atoms with Gasteiger partial charge in [0.1, 0.15) is 0 Å². The minimum atomic E-state index is -0.867. The van der Waals surface area contributed by atoms with Crippen molar-refractivity contribution in [3.63, 3.8) is 0 Å². The molecule has 124 valence electrons. The number of carbonyl (C=O) groups is 1. The van der Waals surface area contributed by atoms with Crippen molar-refractivity contribution in [3.05, 3.63) is 48.6 Å². The maximum absolute atomic E-state index is 10.9. The summed E-state index contributed by atoms with van der Waals surface area (Å²) >= 11 is 0. The second kappa shape index (κ2) is 13.0. The van der Waals surface area contributed by atoms with Crippen LogP contribution in [0.2, 0.25) is 0 Å². The number of aliphatic hydroxyl groups is 3. The van der Waals surface area contributed by atoms with Crippen molar-refractivity contribution < 1.29 is 24.9 Å². The molecule has 0 fully saturated rings. The van der Waals surface area contributed by atoms with E-state index in [-0.39, 0.29) is 5.97 Å². The van der Waals surface area contributed by atoms with Crippen molar-refractivity contribution in [2.24, 2.45) is 0 Å². The van der Waals surface area contributed by atoms with E-state index in [9.17, 15) is 15.0 Å². The number of rotatable bonds is 10. The number of esters is 1. The molecule has 0 aromatic heterocycles. The van der Waals surface area contributed by atoms with Crippen molar-refractivity contribution in [3.8, 4) is 0 Å². The first kappa shape index (κ1) is 20.3. The molecule has 0 aromatic rings. The quantitative estimate of drug-likeness (QED) is 0.422. The molecule has 0 radical (unpaired) electrons. The molecule has 5 nitrogen and oxygen atoms in total. The number of aliphatic hydroxyl groups excluding tert-OH is 3. The first-order valence-electron chi connectivity index (χ1n) is 7.26. The Morgan fingerprint density at radius 2 is 1.55 bits per heavy atom. The molecule has 22 heavy (non-hydrogen) atoms. The third-order valence-electron chi connectivity index (χ3n) is 2.80. The Kier molecular flexibility index (Phi) is 12.0. The highest BCUT2D eigenvalue weighted by Crippen LogP contribution is 2.03. The van der Waals surface area contributed by atoms with Crippen LogP contribution in [-0.2, 0) is 9.53 Å². The molecule has 0 aliphatic heterocycles. The van der Waals surface area contributed by atoms with Crippen LogP contribution in [0.15, 0.2) is 48.6 Å². The minimum absolute atomic E-state index is 0.269. The van der Waals surface area contributed by atoms with Gasteiger partial charge in [-0.1, -0.05) is 48.6 Å². The van der Waals surface area contributed by atoms with E-state index in [1.54, 1.807) is 42.5 Å². The van der Waals surface area contributed by atoms with Gasteiger partial charge in [0.25, 0.3) is 0 Å². The van der Waals surface area contributed by atoms with Gasteiger partial charge < -0.3 is 20.1 Å². The van der Waals surface area contributed by atoms with E-state index in [0.29, 0.717) is 19.3 Å². The molecule has 0 rings (SSSR count). The van der Waals surface area contributed by atoms with Crippen LogP contribution in [-0.4, -0.2) is 46.7 Å². The van der Waals surface area contributed by atoms with Gasteiger partial charge in [-0.3, -0.25) is 4.79 Å². The van der Waals surface area contributed by atoms with Crippen molar-refractivity contribution in [1.82, 2.24) is 0 Å². The van der Waals surface area contributed by atoms with Crippen LogP contribution >= 0.6 is 0 Å². The third-order valence-corrected chi connectivity index (χ3v) is 2.80. The number of allylic oxidation sites excluding steroid dienone is 6. The lowest BCUT2D eigenvalue weighted by molar-refractivity contribution is -0.140. The van der Waals surface area contributed by atoms with E-state index in [4.69, 9.17) is 5.11 Å². The molecule has 0 saturated heterocycles. The van der Waals surface area contributed by atoms with Gasteiger partial charge in [-0.25, -0.2) is 0 Å². The summed E-state index contributed by atoms with van der Waals surface area (Å²) in [5.41, 5.74) is 0. The Labute approximate surface area is 131 Å². The lowest BCUT2D eigenvalue weighted by Gasteiger charge is -2.06. The number of carbonyl (C=O) groups excluding carboxylic acids is 1. The molecule has 5 heteroatoms. The molecule has 3 N–H and O–H groups in total. The highest BCUT2D eigenvalue weighted by Gasteiger charge is 2.04. The second-order valence-electron chi connectivity index (χ2n) is 4.81. The Morgan fingerprint density at radius 3 is 2.09 bits per heavy atom. The van der Waals surface area contributed by atoms with E-state index in [0.717, 1.165) is 0 Å². The summed E-state index contributed by atoms with van der Waals surface area (Å²) in [4.78, 5) is 10.9. The fourth-order valence-corrected chi connectivity index (χ4v) is 1.44. The van der Waals surface area contributed by atoms with Gasteiger partial charge in [0, 0.05) is 6.42 Å². The number of methoxy groups -OCH3 is 1. The highest BCUT2D eigenvalue weighted by molar-refractivity contribution is 5.68. The summed E-state index contributed by atoms with van der Waals surface area (Å²) in [5.74, 6) is -0.269. The minimum Gasteiger partial charge on any atom is -0.469 e. The predicted molar refractivity (Wildman–Crippen MR) is 86.1 cm³/mol. The molecule has 3 atom stereocenters. The van der Waals surface area contributed by atoms with Crippen molar-refractivity contribution >= 4 is 5.97 Å². The zero-order valence-corrected chi connectivity index (χ0v) is 13.1. The first-order chi connectivity index (χ1) is 10.5. The zero-order chi connectivity index (χ0) is 16.8. The molecule has 0 amide bonds. The Morgan fingerprint density at radius 1 is 1.00 bits per heavy atom. The normalized spacial score (nSPS) is 16.8. The van der Waals surface area contributed by atoms with E-state index in [1.807, 2.05) is 0 Å². The SMILES string of the molecule is COC(=O)CCC[C@H](O)/C=C/C=C\C=C\C=C\[C@@H](O)[C@H](C)O. The van der Waals surface area contributed by atoms with Gasteiger partial charge in [0.05, 0.1) is 25.4 Å². The number of hydrogen-bond donors (Lipinski definition) is 3. The summed E-state index contributed by atoms with van der Waals surface area (Å²) < 4.78 is 4.51. The van der Waals surface area contributed by atoms with E-state index in [2.05, 4.69) is 4.74 Å². The fourth-order valence-electron chi connectivity index (χ4n) is 1.44. The van der Waals surface area contributed by atoms with Crippen LogP contribution in [0.3, 0.4) is 0 Å². The maximum Gasteiger partial charge on any atom is 0.305 e. The fraction of sp³-hybridized carbons (Fsp3) is 0.471. The highest BCUT2D eigenvalue weighted by atomic mass is 16.5. The van der Waals surface area contributed by atoms with Gasteiger partial charge in [-0.15, -0.1) is 0 Å². The van der Waals surface area contributed by atoms with E-state index < -0.39 is 18.3 Å². The largest absolute Gasteiger partial charge is 0.469 e. The maximum atomic E-state index is 10.9. The Balaban J connectivity index is 3.89. The summed E-state index contributed by atoms with van der Waals surface area (Å²) in [5, 5.41) is 28.0. The molecule has 0 saturated carbocycles. The molecule has 0 bridgehead atoms. The van der Waals surface area contributed by atoms with E-state index >= 15 is 0 Å². The van der Waals surface area contributed by atoms with Crippen molar-refractivity contribution in [2.75, 3.05) is 7.11 Å². The Bertz CT molecular complexity index is 407.